The summed E-state index contributed by atoms with van der Waals surface area (Å²) in [6.07, 6.45) is 7.43. The summed E-state index contributed by atoms with van der Waals surface area (Å²) >= 11 is 0. The molecule has 0 spiro atoms. The zero-order valence-electron chi connectivity index (χ0n) is 6.85. The molecule has 2 heteroatoms. The lowest BCUT2D eigenvalue weighted by Gasteiger charge is -2.23. The summed E-state index contributed by atoms with van der Waals surface area (Å²) in [7, 11) is 0. The summed E-state index contributed by atoms with van der Waals surface area (Å²) in [6.45, 7) is 0.726. The monoisotopic (exact) mass is 166 g/mol. The van der Waals surface area contributed by atoms with E-state index in [9.17, 15) is 4.39 Å². The molecule has 1 aliphatic heterocycles. The zero-order chi connectivity index (χ0) is 8.39. The van der Waals surface area contributed by atoms with Crippen LogP contribution in [0.2, 0.25) is 0 Å². The fourth-order valence-electron chi connectivity index (χ4n) is 1.65. The van der Waals surface area contributed by atoms with Crippen LogP contribution in [-0.4, -0.2) is 6.61 Å². The molecule has 0 amide bonds. The minimum atomic E-state index is 0.593. The highest BCUT2D eigenvalue weighted by Gasteiger charge is 2.18. The summed E-state index contributed by atoms with van der Waals surface area (Å²) in [5, 5.41) is 0. The van der Waals surface area contributed by atoms with Gasteiger partial charge in [0.15, 0.2) is 0 Å². The first-order valence-electron chi connectivity index (χ1n) is 4.24. The standard InChI is InChI=1S/C10H11FO/c11-7-9-4-1-3-8-5-2-6-12-10(8)9/h1,4,7H,2-3,5-6H2/b9-7+. The predicted octanol–water partition coefficient (Wildman–Crippen LogP) is 2.86. The van der Waals surface area contributed by atoms with Crippen LogP contribution in [0.1, 0.15) is 19.3 Å². The first-order valence-corrected chi connectivity index (χ1v) is 4.24. The van der Waals surface area contributed by atoms with Crippen molar-refractivity contribution in [1.82, 2.24) is 0 Å². The van der Waals surface area contributed by atoms with E-state index in [1.807, 2.05) is 6.08 Å². The first-order chi connectivity index (χ1) is 5.92. The number of halogens is 1. The third-order valence-corrected chi connectivity index (χ3v) is 2.23. The maximum Gasteiger partial charge on any atom is 0.128 e. The number of ether oxygens (including phenoxy) is 1. The normalized spacial score (nSPS) is 25.6. The second-order valence-electron chi connectivity index (χ2n) is 3.06. The van der Waals surface area contributed by atoms with Crippen molar-refractivity contribution in [1.29, 1.82) is 0 Å². The number of allylic oxidation sites excluding steroid dienone is 3. The van der Waals surface area contributed by atoms with Gasteiger partial charge in [0.25, 0.3) is 0 Å². The molecule has 2 rings (SSSR count). The Kier molecular flexibility index (Phi) is 1.98. The van der Waals surface area contributed by atoms with Crippen molar-refractivity contribution in [2.45, 2.75) is 19.3 Å². The molecule has 12 heavy (non-hydrogen) atoms. The average Bonchev–Trinajstić information content (AvgIpc) is 2.17. The van der Waals surface area contributed by atoms with Crippen LogP contribution in [0, 0.1) is 0 Å². The van der Waals surface area contributed by atoms with E-state index in [0.29, 0.717) is 11.9 Å². The van der Waals surface area contributed by atoms with E-state index in [2.05, 4.69) is 0 Å². The molecule has 0 N–H and O–H groups in total. The SMILES string of the molecule is F/C=C1\C=CCC2=C1OCCC2. The molecule has 1 nitrogen and oxygen atoms in total. The second kappa shape index (κ2) is 3.13. The Bertz CT molecular complexity index is 274. The van der Waals surface area contributed by atoms with Gasteiger partial charge in [-0.15, -0.1) is 0 Å². The van der Waals surface area contributed by atoms with E-state index in [0.717, 1.165) is 31.6 Å². The number of hydrogen-bond donors (Lipinski definition) is 0. The number of hydrogen-bond acceptors (Lipinski definition) is 1. The minimum Gasteiger partial charge on any atom is -0.493 e. The van der Waals surface area contributed by atoms with E-state index >= 15 is 0 Å². The summed E-state index contributed by atoms with van der Waals surface area (Å²) < 4.78 is 17.7. The predicted molar refractivity (Wildman–Crippen MR) is 45.2 cm³/mol. The minimum absolute atomic E-state index is 0.593. The van der Waals surface area contributed by atoms with E-state index in [1.54, 1.807) is 6.08 Å². The Morgan fingerprint density at radius 1 is 1.50 bits per heavy atom. The molecule has 0 fully saturated rings. The highest BCUT2D eigenvalue weighted by Crippen LogP contribution is 2.31. The molecule has 0 aromatic rings. The van der Waals surface area contributed by atoms with Crippen molar-refractivity contribution in [3.8, 4) is 0 Å². The highest BCUT2D eigenvalue weighted by atomic mass is 19.1. The third kappa shape index (κ3) is 1.17. The largest absolute Gasteiger partial charge is 0.493 e. The Morgan fingerprint density at radius 2 is 2.42 bits per heavy atom. The van der Waals surface area contributed by atoms with E-state index in [1.165, 1.54) is 5.57 Å². The van der Waals surface area contributed by atoms with Gasteiger partial charge in [-0.2, -0.15) is 0 Å². The van der Waals surface area contributed by atoms with Crippen LogP contribution in [0.3, 0.4) is 0 Å². The quantitative estimate of drug-likeness (QED) is 0.537. The molecular weight excluding hydrogens is 155 g/mol. The Morgan fingerprint density at radius 3 is 3.25 bits per heavy atom. The van der Waals surface area contributed by atoms with E-state index < -0.39 is 0 Å². The molecule has 64 valence electrons. The van der Waals surface area contributed by atoms with Crippen LogP contribution in [0.15, 0.2) is 35.4 Å². The van der Waals surface area contributed by atoms with Gasteiger partial charge in [0.2, 0.25) is 0 Å². The van der Waals surface area contributed by atoms with Crippen LogP contribution in [0.5, 0.6) is 0 Å². The first kappa shape index (κ1) is 7.59. The topological polar surface area (TPSA) is 9.23 Å². The fraction of sp³-hybridized carbons (Fsp3) is 0.400. The lowest BCUT2D eigenvalue weighted by molar-refractivity contribution is 0.194. The summed E-state index contributed by atoms with van der Waals surface area (Å²) in [4.78, 5) is 0. The fourth-order valence-corrected chi connectivity index (χ4v) is 1.65. The molecule has 0 unspecified atom stereocenters. The second-order valence-corrected chi connectivity index (χ2v) is 3.06. The molecule has 0 radical (unpaired) electrons. The van der Waals surface area contributed by atoms with Crippen molar-refractivity contribution in [2.24, 2.45) is 0 Å². The lowest BCUT2D eigenvalue weighted by atomic mass is 9.95. The molecule has 0 atom stereocenters. The van der Waals surface area contributed by atoms with Gasteiger partial charge >= 0.3 is 0 Å². The molecule has 1 heterocycles. The van der Waals surface area contributed by atoms with E-state index in [4.69, 9.17) is 4.74 Å². The van der Waals surface area contributed by atoms with E-state index in [-0.39, 0.29) is 0 Å². The molecule has 0 aromatic carbocycles. The zero-order valence-corrected chi connectivity index (χ0v) is 6.85. The molecule has 0 aromatic heterocycles. The molecule has 0 saturated heterocycles. The van der Waals surface area contributed by atoms with Gasteiger partial charge in [0, 0.05) is 5.57 Å². The van der Waals surface area contributed by atoms with Gasteiger partial charge in [-0.3, -0.25) is 0 Å². The third-order valence-electron chi connectivity index (χ3n) is 2.23. The maximum absolute atomic E-state index is 12.3. The summed E-state index contributed by atoms with van der Waals surface area (Å²) in [5.74, 6) is 0.784. The molecule has 0 saturated carbocycles. The highest BCUT2D eigenvalue weighted by molar-refractivity contribution is 5.43. The smallest absolute Gasteiger partial charge is 0.128 e. The molecular formula is C10H11FO. The van der Waals surface area contributed by atoms with Gasteiger partial charge in [-0.1, -0.05) is 12.2 Å². The van der Waals surface area contributed by atoms with Crippen molar-refractivity contribution in [3.63, 3.8) is 0 Å². The molecule has 2 aliphatic rings. The van der Waals surface area contributed by atoms with Crippen molar-refractivity contribution in [2.75, 3.05) is 6.61 Å². The van der Waals surface area contributed by atoms with Crippen molar-refractivity contribution >= 4 is 0 Å². The summed E-state index contributed by atoms with van der Waals surface area (Å²) in [5.41, 5.74) is 1.84. The Hall–Kier alpha value is -1.05. The van der Waals surface area contributed by atoms with Gasteiger partial charge in [-0.05, 0) is 24.8 Å². The Balaban J connectivity index is 2.33. The van der Waals surface area contributed by atoms with Crippen LogP contribution in [0.25, 0.3) is 0 Å². The van der Waals surface area contributed by atoms with Crippen LogP contribution >= 0.6 is 0 Å². The van der Waals surface area contributed by atoms with Crippen molar-refractivity contribution < 1.29 is 9.13 Å². The average molecular weight is 166 g/mol. The van der Waals surface area contributed by atoms with Crippen LogP contribution < -0.4 is 0 Å². The van der Waals surface area contributed by atoms with Crippen molar-refractivity contribution in [3.05, 3.63) is 35.4 Å². The summed E-state index contributed by atoms with van der Waals surface area (Å²) in [6, 6.07) is 0. The molecule has 1 aliphatic carbocycles. The van der Waals surface area contributed by atoms with Crippen LogP contribution in [0.4, 0.5) is 4.39 Å². The lowest BCUT2D eigenvalue weighted by Crippen LogP contribution is -2.10. The van der Waals surface area contributed by atoms with Gasteiger partial charge < -0.3 is 4.74 Å². The Labute approximate surface area is 71.2 Å². The van der Waals surface area contributed by atoms with Gasteiger partial charge in [0.1, 0.15) is 5.76 Å². The van der Waals surface area contributed by atoms with Gasteiger partial charge in [-0.25, -0.2) is 4.39 Å². The van der Waals surface area contributed by atoms with Crippen LogP contribution in [-0.2, 0) is 4.74 Å². The number of rotatable bonds is 0. The van der Waals surface area contributed by atoms with Gasteiger partial charge in [0.05, 0.1) is 12.9 Å². The maximum atomic E-state index is 12.3. The molecule has 0 bridgehead atoms.